The lowest BCUT2D eigenvalue weighted by atomic mass is 9.97. The molecule has 112 valence electrons. The van der Waals surface area contributed by atoms with Crippen molar-refractivity contribution in [3.63, 3.8) is 0 Å². The third-order valence-corrected chi connectivity index (χ3v) is 4.18. The van der Waals surface area contributed by atoms with Crippen LogP contribution < -0.4 is 5.32 Å². The molecular formula is C17H26ClNO. The molecule has 1 heterocycles. The van der Waals surface area contributed by atoms with Crippen molar-refractivity contribution in [2.75, 3.05) is 13.2 Å². The topological polar surface area (TPSA) is 21.3 Å². The van der Waals surface area contributed by atoms with Gasteiger partial charge in [-0.3, -0.25) is 0 Å². The smallest absolute Gasteiger partial charge is 0.0575 e. The summed E-state index contributed by atoms with van der Waals surface area (Å²) in [5.41, 5.74) is 1.29. The van der Waals surface area contributed by atoms with Crippen LogP contribution in [0.1, 0.15) is 57.1 Å². The van der Waals surface area contributed by atoms with Gasteiger partial charge in [-0.2, -0.15) is 0 Å². The Morgan fingerprint density at radius 2 is 2.30 bits per heavy atom. The molecule has 0 radical (unpaired) electrons. The van der Waals surface area contributed by atoms with Crippen LogP contribution in [-0.4, -0.2) is 19.3 Å². The van der Waals surface area contributed by atoms with Gasteiger partial charge in [0, 0.05) is 17.7 Å². The second-order valence-corrected chi connectivity index (χ2v) is 6.06. The van der Waals surface area contributed by atoms with E-state index in [9.17, 15) is 0 Å². The minimum atomic E-state index is 0.388. The SMILES string of the molecule is CCCNC(CCC1CCCCO1)c1cccc(Cl)c1. The summed E-state index contributed by atoms with van der Waals surface area (Å²) in [7, 11) is 0. The van der Waals surface area contributed by atoms with Gasteiger partial charge in [-0.1, -0.05) is 30.7 Å². The van der Waals surface area contributed by atoms with Gasteiger partial charge >= 0.3 is 0 Å². The molecule has 0 saturated carbocycles. The zero-order valence-electron chi connectivity index (χ0n) is 12.4. The molecule has 0 aliphatic carbocycles. The molecule has 2 rings (SSSR count). The van der Waals surface area contributed by atoms with Gasteiger partial charge in [0.05, 0.1) is 6.10 Å². The number of ether oxygens (including phenoxy) is 1. The Morgan fingerprint density at radius 3 is 3.00 bits per heavy atom. The van der Waals surface area contributed by atoms with Crippen LogP contribution in [0.2, 0.25) is 5.02 Å². The molecule has 1 aliphatic rings. The van der Waals surface area contributed by atoms with Gasteiger partial charge in [-0.25, -0.2) is 0 Å². The van der Waals surface area contributed by atoms with Gasteiger partial charge in [-0.05, 0) is 62.8 Å². The van der Waals surface area contributed by atoms with Crippen molar-refractivity contribution in [3.8, 4) is 0 Å². The minimum Gasteiger partial charge on any atom is -0.378 e. The summed E-state index contributed by atoms with van der Waals surface area (Å²) in [5, 5.41) is 4.46. The van der Waals surface area contributed by atoms with Crippen molar-refractivity contribution >= 4 is 11.6 Å². The van der Waals surface area contributed by atoms with E-state index >= 15 is 0 Å². The fourth-order valence-corrected chi connectivity index (χ4v) is 3.01. The number of hydrogen-bond acceptors (Lipinski definition) is 2. The van der Waals surface area contributed by atoms with Crippen LogP contribution in [0.15, 0.2) is 24.3 Å². The maximum Gasteiger partial charge on any atom is 0.0575 e. The molecule has 1 aromatic rings. The molecule has 2 atom stereocenters. The Kier molecular flexibility index (Phi) is 6.85. The number of benzene rings is 1. The molecule has 3 heteroatoms. The first-order valence-corrected chi connectivity index (χ1v) is 8.28. The van der Waals surface area contributed by atoms with Gasteiger partial charge in [0.2, 0.25) is 0 Å². The van der Waals surface area contributed by atoms with Crippen LogP contribution in [0.25, 0.3) is 0 Å². The predicted octanol–water partition coefficient (Wildman–Crippen LogP) is 4.73. The number of halogens is 1. The van der Waals surface area contributed by atoms with E-state index in [0.717, 1.165) is 37.4 Å². The zero-order valence-corrected chi connectivity index (χ0v) is 13.2. The average molecular weight is 296 g/mol. The van der Waals surface area contributed by atoms with Crippen LogP contribution in [0, 0.1) is 0 Å². The molecular weight excluding hydrogens is 270 g/mol. The van der Waals surface area contributed by atoms with Crippen LogP contribution in [-0.2, 0) is 4.74 Å². The highest BCUT2D eigenvalue weighted by molar-refractivity contribution is 6.30. The van der Waals surface area contributed by atoms with Crippen LogP contribution in [0.5, 0.6) is 0 Å². The number of nitrogens with one attached hydrogen (secondary N) is 1. The fraction of sp³-hybridized carbons (Fsp3) is 0.647. The molecule has 2 unspecified atom stereocenters. The van der Waals surface area contributed by atoms with Crippen LogP contribution >= 0.6 is 11.6 Å². The Labute approximate surface area is 127 Å². The van der Waals surface area contributed by atoms with Crippen molar-refractivity contribution in [3.05, 3.63) is 34.9 Å². The molecule has 0 spiro atoms. The first kappa shape index (κ1) is 15.8. The lowest BCUT2D eigenvalue weighted by Gasteiger charge is -2.25. The van der Waals surface area contributed by atoms with Gasteiger partial charge in [0.25, 0.3) is 0 Å². The number of rotatable bonds is 7. The van der Waals surface area contributed by atoms with E-state index in [-0.39, 0.29) is 0 Å². The summed E-state index contributed by atoms with van der Waals surface area (Å²) in [6.07, 6.45) is 7.61. The Morgan fingerprint density at radius 1 is 1.40 bits per heavy atom. The van der Waals surface area contributed by atoms with E-state index in [2.05, 4.69) is 24.4 Å². The highest BCUT2D eigenvalue weighted by Crippen LogP contribution is 2.25. The largest absolute Gasteiger partial charge is 0.378 e. The van der Waals surface area contributed by atoms with E-state index in [1.165, 1.54) is 24.8 Å². The molecule has 0 bridgehead atoms. The molecule has 1 fully saturated rings. The first-order chi connectivity index (χ1) is 9.79. The minimum absolute atomic E-state index is 0.388. The summed E-state index contributed by atoms with van der Waals surface area (Å²) in [6.45, 7) is 4.18. The molecule has 1 saturated heterocycles. The van der Waals surface area contributed by atoms with Gasteiger partial charge in [-0.15, -0.1) is 0 Å². The van der Waals surface area contributed by atoms with Crippen LogP contribution in [0.3, 0.4) is 0 Å². The maximum atomic E-state index is 6.12. The Bertz CT molecular complexity index is 390. The predicted molar refractivity (Wildman–Crippen MR) is 85.3 cm³/mol. The molecule has 1 aliphatic heterocycles. The van der Waals surface area contributed by atoms with E-state index < -0.39 is 0 Å². The molecule has 1 N–H and O–H groups in total. The second kappa shape index (κ2) is 8.66. The quantitative estimate of drug-likeness (QED) is 0.785. The second-order valence-electron chi connectivity index (χ2n) is 5.63. The summed E-state index contributed by atoms with van der Waals surface area (Å²) < 4.78 is 5.84. The molecule has 0 aromatic heterocycles. The van der Waals surface area contributed by atoms with Gasteiger partial charge < -0.3 is 10.1 Å². The fourth-order valence-electron chi connectivity index (χ4n) is 2.82. The van der Waals surface area contributed by atoms with E-state index in [4.69, 9.17) is 16.3 Å². The molecule has 20 heavy (non-hydrogen) atoms. The Balaban J connectivity index is 1.92. The van der Waals surface area contributed by atoms with Gasteiger partial charge in [0.1, 0.15) is 0 Å². The summed E-state index contributed by atoms with van der Waals surface area (Å²) in [5.74, 6) is 0. The van der Waals surface area contributed by atoms with E-state index in [1.807, 2.05) is 12.1 Å². The van der Waals surface area contributed by atoms with E-state index in [0.29, 0.717) is 12.1 Å². The average Bonchev–Trinajstić information content (AvgIpc) is 2.48. The highest BCUT2D eigenvalue weighted by atomic mass is 35.5. The summed E-state index contributed by atoms with van der Waals surface area (Å²) in [6, 6.07) is 8.61. The van der Waals surface area contributed by atoms with Gasteiger partial charge in [0.15, 0.2) is 0 Å². The lowest BCUT2D eigenvalue weighted by molar-refractivity contribution is 0.00854. The van der Waals surface area contributed by atoms with Crippen LogP contribution in [0.4, 0.5) is 0 Å². The number of hydrogen-bond donors (Lipinski definition) is 1. The van der Waals surface area contributed by atoms with Crippen molar-refractivity contribution in [2.24, 2.45) is 0 Å². The van der Waals surface area contributed by atoms with Crippen molar-refractivity contribution in [1.82, 2.24) is 5.32 Å². The molecule has 1 aromatic carbocycles. The normalized spacial score (nSPS) is 20.8. The van der Waals surface area contributed by atoms with Crippen molar-refractivity contribution in [1.29, 1.82) is 0 Å². The highest BCUT2D eigenvalue weighted by Gasteiger charge is 2.17. The third kappa shape index (κ3) is 5.08. The Hall–Kier alpha value is -0.570. The summed E-state index contributed by atoms with van der Waals surface area (Å²) in [4.78, 5) is 0. The van der Waals surface area contributed by atoms with Crippen molar-refractivity contribution in [2.45, 2.75) is 57.6 Å². The lowest BCUT2D eigenvalue weighted by Crippen LogP contribution is -2.25. The van der Waals surface area contributed by atoms with Crippen molar-refractivity contribution < 1.29 is 4.74 Å². The maximum absolute atomic E-state index is 6.12. The zero-order chi connectivity index (χ0) is 14.2. The third-order valence-electron chi connectivity index (χ3n) is 3.94. The first-order valence-electron chi connectivity index (χ1n) is 7.90. The standard InChI is InChI=1S/C17H26ClNO/c1-2-11-19-17(14-6-5-7-15(18)13-14)10-9-16-8-3-4-12-20-16/h5-7,13,16-17,19H,2-4,8-12H2,1H3. The van der Waals surface area contributed by atoms with E-state index in [1.54, 1.807) is 0 Å². The summed E-state index contributed by atoms with van der Waals surface area (Å²) >= 11 is 6.12. The monoisotopic (exact) mass is 295 g/mol. The molecule has 2 nitrogen and oxygen atoms in total. The molecule has 0 amide bonds.